The first-order chi connectivity index (χ1) is 8.22. The van der Waals surface area contributed by atoms with Crippen molar-refractivity contribution in [3.05, 3.63) is 29.8 Å². The van der Waals surface area contributed by atoms with E-state index in [0.29, 0.717) is 11.2 Å². The van der Waals surface area contributed by atoms with E-state index < -0.39 is 0 Å². The maximum Gasteiger partial charge on any atom is 0.115 e. The average Bonchev–Trinajstić information content (AvgIpc) is 2.89. The van der Waals surface area contributed by atoms with Crippen LogP contribution in [0.3, 0.4) is 0 Å². The number of benzene rings is 1. The lowest BCUT2D eigenvalue weighted by Gasteiger charge is -2.36. The Morgan fingerprint density at radius 2 is 2.24 bits per heavy atom. The van der Waals surface area contributed by atoms with Crippen LogP contribution in [0.2, 0.25) is 0 Å². The zero-order valence-corrected chi connectivity index (χ0v) is 10.8. The van der Waals surface area contributed by atoms with Crippen molar-refractivity contribution in [3.63, 3.8) is 0 Å². The lowest BCUT2D eigenvalue weighted by molar-refractivity contribution is 0.193. The van der Waals surface area contributed by atoms with Crippen molar-refractivity contribution in [1.29, 1.82) is 0 Å². The number of hydrogen-bond donors (Lipinski definition) is 1. The first-order valence-corrected chi connectivity index (χ1v) is 7.09. The van der Waals surface area contributed by atoms with Gasteiger partial charge in [-0.15, -0.1) is 11.6 Å². The third-order valence-corrected chi connectivity index (χ3v) is 5.37. The van der Waals surface area contributed by atoms with Crippen molar-refractivity contribution in [2.75, 3.05) is 5.88 Å². The van der Waals surface area contributed by atoms with Gasteiger partial charge in [0.15, 0.2) is 0 Å². The number of halogens is 1. The van der Waals surface area contributed by atoms with E-state index in [1.54, 1.807) is 6.07 Å². The summed E-state index contributed by atoms with van der Waals surface area (Å²) in [6, 6.07) is 7.66. The highest BCUT2D eigenvalue weighted by molar-refractivity contribution is 6.18. The molecule has 3 rings (SSSR count). The summed E-state index contributed by atoms with van der Waals surface area (Å²) in [7, 11) is 0. The molecule has 0 heterocycles. The lowest BCUT2D eigenvalue weighted by Crippen LogP contribution is -2.32. The first kappa shape index (κ1) is 11.4. The fourth-order valence-corrected chi connectivity index (χ4v) is 4.48. The van der Waals surface area contributed by atoms with Crippen molar-refractivity contribution in [2.24, 2.45) is 17.3 Å². The molecule has 1 aromatic rings. The summed E-state index contributed by atoms with van der Waals surface area (Å²) in [5, 5.41) is 9.54. The summed E-state index contributed by atoms with van der Waals surface area (Å²) < 4.78 is 0. The summed E-state index contributed by atoms with van der Waals surface area (Å²) in [6.07, 6.45) is 6.47. The van der Waals surface area contributed by atoms with Crippen LogP contribution in [0, 0.1) is 17.3 Å². The SMILES string of the molecule is Oc1cccc(CC2(CCl)CC3CCC2C3)c1. The molecule has 92 valence electrons. The Hall–Kier alpha value is -0.690. The predicted octanol–water partition coefficient (Wildman–Crippen LogP) is 3.98. The van der Waals surface area contributed by atoms with Gasteiger partial charge < -0.3 is 5.11 Å². The summed E-state index contributed by atoms with van der Waals surface area (Å²) in [5.41, 5.74) is 1.54. The molecular formula is C15H19ClO. The number of aromatic hydroxyl groups is 1. The van der Waals surface area contributed by atoms with E-state index in [4.69, 9.17) is 11.6 Å². The van der Waals surface area contributed by atoms with Gasteiger partial charge in [0.1, 0.15) is 5.75 Å². The molecule has 0 aliphatic heterocycles. The zero-order chi connectivity index (χ0) is 11.9. The minimum absolute atomic E-state index is 0.304. The van der Waals surface area contributed by atoms with Crippen LogP contribution in [-0.4, -0.2) is 11.0 Å². The zero-order valence-electron chi connectivity index (χ0n) is 10.0. The standard InChI is InChI=1S/C15H19ClO/c16-10-15(9-12-4-5-13(15)6-12)8-11-2-1-3-14(17)7-11/h1-3,7,12-13,17H,4-6,8-10H2. The molecule has 3 unspecified atom stereocenters. The second-order valence-electron chi connectivity index (χ2n) is 5.92. The lowest BCUT2D eigenvalue weighted by atomic mass is 9.71. The minimum atomic E-state index is 0.304. The Morgan fingerprint density at radius 1 is 1.35 bits per heavy atom. The van der Waals surface area contributed by atoms with Gasteiger partial charge in [-0.2, -0.15) is 0 Å². The Labute approximate surface area is 108 Å². The highest BCUT2D eigenvalue weighted by Crippen LogP contribution is 2.57. The largest absolute Gasteiger partial charge is 0.508 e. The fraction of sp³-hybridized carbons (Fsp3) is 0.600. The van der Waals surface area contributed by atoms with Crippen LogP contribution in [-0.2, 0) is 6.42 Å². The molecule has 1 aromatic carbocycles. The van der Waals surface area contributed by atoms with Crippen LogP contribution in [0.5, 0.6) is 5.75 Å². The van der Waals surface area contributed by atoms with Crippen LogP contribution in [0.25, 0.3) is 0 Å². The molecule has 2 saturated carbocycles. The molecule has 1 N–H and O–H groups in total. The topological polar surface area (TPSA) is 20.2 Å². The molecule has 2 aliphatic carbocycles. The quantitative estimate of drug-likeness (QED) is 0.805. The van der Waals surface area contributed by atoms with Gasteiger partial charge in [0.05, 0.1) is 0 Å². The van der Waals surface area contributed by atoms with Crippen LogP contribution in [0.1, 0.15) is 31.2 Å². The van der Waals surface area contributed by atoms with E-state index in [-0.39, 0.29) is 0 Å². The van der Waals surface area contributed by atoms with E-state index in [1.165, 1.54) is 31.2 Å². The van der Waals surface area contributed by atoms with E-state index in [2.05, 4.69) is 6.07 Å². The molecule has 0 saturated heterocycles. The summed E-state index contributed by atoms with van der Waals surface area (Å²) in [5.74, 6) is 2.86. The van der Waals surface area contributed by atoms with E-state index >= 15 is 0 Å². The summed E-state index contributed by atoms with van der Waals surface area (Å²) >= 11 is 6.29. The molecule has 0 amide bonds. The summed E-state index contributed by atoms with van der Waals surface area (Å²) in [6.45, 7) is 0. The van der Waals surface area contributed by atoms with Crippen molar-refractivity contribution in [2.45, 2.75) is 32.1 Å². The van der Waals surface area contributed by atoms with Crippen LogP contribution >= 0.6 is 11.6 Å². The van der Waals surface area contributed by atoms with E-state index in [9.17, 15) is 5.11 Å². The number of hydrogen-bond acceptors (Lipinski definition) is 1. The molecular weight excluding hydrogens is 232 g/mol. The van der Waals surface area contributed by atoms with Crippen molar-refractivity contribution in [1.82, 2.24) is 0 Å². The maximum absolute atomic E-state index is 9.54. The maximum atomic E-state index is 9.54. The molecule has 0 spiro atoms. The second kappa shape index (κ2) is 4.20. The van der Waals surface area contributed by atoms with Gasteiger partial charge in [0.2, 0.25) is 0 Å². The van der Waals surface area contributed by atoms with E-state index in [1.807, 2.05) is 12.1 Å². The molecule has 2 bridgehead atoms. The van der Waals surface area contributed by atoms with Gasteiger partial charge in [-0.3, -0.25) is 0 Å². The number of phenolic OH excluding ortho intramolecular Hbond substituents is 1. The summed E-state index contributed by atoms with van der Waals surface area (Å²) in [4.78, 5) is 0. The normalized spacial score (nSPS) is 35.4. The number of rotatable bonds is 3. The number of alkyl halides is 1. The van der Waals surface area contributed by atoms with Gasteiger partial charge in [0, 0.05) is 5.88 Å². The van der Waals surface area contributed by atoms with Crippen LogP contribution < -0.4 is 0 Å². The van der Waals surface area contributed by atoms with Crippen molar-refractivity contribution in [3.8, 4) is 5.75 Å². The van der Waals surface area contributed by atoms with Crippen LogP contribution in [0.15, 0.2) is 24.3 Å². The molecule has 2 aliphatic rings. The molecule has 0 aromatic heterocycles. The molecule has 0 radical (unpaired) electrons. The second-order valence-corrected chi connectivity index (χ2v) is 6.19. The molecule has 1 nitrogen and oxygen atoms in total. The Balaban J connectivity index is 1.83. The first-order valence-electron chi connectivity index (χ1n) is 6.56. The van der Waals surface area contributed by atoms with Gasteiger partial charge in [-0.25, -0.2) is 0 Å². The van der Waals surface area contributed by atoms with Crippen molar-refractivity contribution >= 4 is 11.6 Å². The van der Waals surface area contributed by atoms with Crippen LogP contribution in [0.4, 0.5) is 0 Å². The Bertz CT molecular complexity index is 417. The third kappa shape index (κ3) is 1.95. The Kier molecular flexibility index (Phi) is 2.82. The molecule has 2 heteroatoms. The van der Waals surface area contributed by atoms with Crippen molar-refractivity contribution < 1.29 is 5.11 Å². The smallest absolute Gasteiger partial charge is 0.115 e. The molecule has 2 fully saturated rings. The third-order valence-electron chi connectivity index (χ3n) is 4.84. The molecule has 17 heavy (non-hydrogen) atoms. The Morgan fingerprint density at radius 3 is 2.82 bits per heavy atom. The fourth-order valence-electron chi connectivity index (χ4n) is 4.06. The minimum Gasteiger partial charge on any atom is -0.508 e. The van der Waals surface area contributed by atoms with Gasteiger partial charge in [0.25, 0.3) is 0 Å². The molecule has 3 atom stereocenters. The predicted molar refractivity (Wildman–Crippen MR) is 70.4 cm³/mol. The number of phenols is 1. The van der Waals surface area contributed by atoms with Gasteiger partial charge >= 0.3 is 0 Å². The van der Waals surface area contributed by atoms with Gasteiger partial charge in [-0.05, 0) is 60.6 Å². The van der Waals surface area contributed by atoms with Gasteiger partial charge in [-0.1, -0.05) is 18.6 Å². The van der Waals surface area contributed by atoms with E-state index in [0.717, 1.165) is 24.1 Å². The monoisotopic (exact) mass is 250 g/mol. The number of fused-ring (bicyclic) bond motifs is 2. The average molecular weight is 251 g/mol. The highest BCUT2D eigenvalue weighted by Gasteiger charge is 2.50. The highest BCUT2D eigenvalue weighted by atomic mass is 35.5.